The maximum atomic E-state index is 13.4. The van der Waals surface area contributed by atoms with Crippen LogP contribution in [0.25, 0.3) is 0 Å². The van der Waals surface area contributed by atoms with Gasteiger partial charge in [-0.25, -0.2) is 18.4 Å². The summed E-state index contributed by atoms with van der Waals surface area (Å²) in [5.41, 5.74) is 1.48. The number of cyclic esters (lactones) is 1. The molecule has 3 aromatic rings. The Morgan fingerprint density at radius 3 is 2.16 bits per heavy atom. The summed E-state index contributed by atoms with van der Waals surface area (Å²) in [6, 6.07) is 15.7. The maximum Gasteiger partial charge on any atom is 0.415 e. The van der Waals surface area contributed by atoms with Crippen LogP contribution in [0.3, 0.4) is 0 Å². The number of nitrogens with zero attached hydrogens (tertiary/aromatic N) is 1. The molecule has 0 saturated carbocycles. The highest BCUT2D eigenvalue weighted by molar-refractivity contribution is 5.92. The first-order valence-electron chi connectivity index (χ1n) is 9.75. The number of urea groups is 1. The van der Waals surface area contributed by atoms with Crippen molar-refractivity contribution in [1.29, 1.82) is 0 Å². The number of amides is 3. The topological polar surface area (TPSA) is 90.9 Å². The molecule has 7 nitrogen and oxygen atoms in total. The third kappa shape index (κ3) is 4.61. The molecule has 1 fully saturated rings. The monoisotopic (exact) mass is 439 g/mol. The quantitative estimate of drug-likeness (QED) is 0.544. The van der Waals surface area contributed by atoms with E-state index in [0.29, 0.717) is 16.9 Å². The van der Waals surface area contributed by atoms with Crippen molar-refractivity contribution >= 4 is 23.5 Å². The third-order valence-corrected chi connectivity index (χ3v) is 4.98. The Morgan fingerprint density at radius 2 is 1.53 bits per heavy atom. The van der Waals surface area contributed by atoms with Gasteiger partial charge < -0.3 is 20.5 Å². The number of carbonyl (C=O) groups is 2. The lowest BCUT2D eigenvalue weighted by Crippen LogP contribution is -2.38. The molecule has 164 valence electrons. The first-order valence-corrected chi connectivity index (χ1v) is 9.75. The van der Waals surface area contributed by atoms with Gasteiger partial charge in [-0.3, -0.25) is 4.90 Å². The second-order valence-corrected chi connectivity index (χ2v) is 7.15. The van der Waals surface area contributed by atoms with Crippen molar-refractivity contribution in [3.63, 3.8) is 0 Å². The van der Waals surface area contributed by atoms with Crippen LogP contribution in [0, 0.1) is 11.6 Å². The molecular formula is C23H19F2N3O4. The summed E-state index contributed by atoms with van der Waals surface area (Å²) in [4.78, 5) is 26.3. The molecule has 1 saturated heterocycles. The maximum absolute atomic E-state index is 13.4. The van der Waals surface area contributed by atoms with Crippen LogP contribution in [0.15, 0.2) is 72.8 Å². The van der Waals surface area contributed by atoms with E-state index in [1.807, 2.05) is 0 Å². The molecule has 1 aliphatic heterocycles. The highest BCUT2D eigenvalue weighted by Gasteiger charge is 2.43. The zero-order valence-electron chi connectivity index (χ0n) is 16.7. The minimum absolute atomic E-state index is 0.0258. The van der Waals surface area contributed by atoms with Gasteiger partial charge in [0, 0.05) is 11.4 Å². The number of phenolic OH excluding ortho intramolecular Hbond substituents is 1. The standard InChI is InChI=1S/C23H19F2N3O4/c24-15-3-7-17(8-4-15)27-22(30)26-13-20-21(14-1-11-19(29)12-2-14)28(23(31)32-20)18-9-5-16(25)6-10-18/h1-12,20-21,29H,13H2,(H2,26,27,30). The van der Waals surface area contributed by atoms with E-state index >= 15 is 0 Å². The summed E-state index contributed by atoms with van der Waals surface area (Å²) in [5, 5.41) is 14.8. The number of ether oxygens (including phenoxy) is 1. The summed E-state index contributed by atoms with van der Waals surface area (Å²) in [5.74, 6) is -0.815. The molecule has 0 aliphatic carbocycles. The van der Waals surface area contributed by atoms with Crippen LogP contribution < -0.4 is 15.5 Å². The Hall–Kier alpha value is -4.14. The first-order chi connectivity index (χ1) is 15.4. The van der Waals surface area contributed by atoms with Crippen molar-refractivity contribution in [2.75, 3.05) is 16.8 Å². The molecule has 9 heteroatoms. The van der Waals surface area contributed by atoms with Gasteiger partial charge in [0.05, 0.1) is 6.54 Å². The Morgan fingerprint density at radius 1 is 0.938 bits per heavy atom. The van der Waals surface area contributed by atoms with Crippen molar-refractivity contribution < 1.29 is 28.2 Å². The fraction of sp³-hybridized carbons (Fsp3) is 0.130. The van der Waals surface area contributed by atoms with Crippen LogP contribution in [0.5, 0.6) is 5.75 Å². The predicted octanol–water partition coefficient (Wildman–Crippen LogP) is 4.56. The average molecular weight is 439 g/mol. The number of carbonyl (C=O) groups excluding carboxylic acids is 2. The van der Waals surface area contributed by atoms with Gasteiger partial charge in [0.2, 0.25) is 0 Å². The summed E-state index contributed by atoms with van der Waals surface area (Å²) in [6.07, 6.45) is -1.42. The van der Waals surface area contributed by atoms with E-state index in [9.17, 15) is 23.5 Å². The third-order valence-electron chi connectivity index (χ3n) is 4.98. The number of anilines is 2. The molecule has 0 radical (unpaired) electrons. The van der Waals surface area contributed by atoms with Gasteiger partial charge >= 0.3 is 12.1 Å². The van der Waals surface area contributed by atoms with Gasteiger partial charge in [-0.15, -0.1) is 0 Å². The number of hydrogen-bond acceptors (Lipinski definition) is 4. The van der Waals surface area contributed by atoms with Crippen molar-refractivity contribution in [1.82, 2.24) is 5.32 Å². The number of rotatable bonds is 5. The molecule has 1 heterocycles. The minimum Gasteiger partial charge on any atom is -0.508 e. The molecule has 4 rings (SSSR count). The highest BCUT2D eigenvalue weighted by Crippen LogP contribution is 2.37. The van der Waals surface area contributed by atoms with Gasteiger partial charge in [-0.2, -0.15) is 0 Å². The lowest BCUT2D eigenvalue weighted by atomic mass is 10.00. The van der Waals surface area contributed by atoms with E-state index in [0.717, 1.165) is 0 Å². The average Bonchev–Trinajstić information content (AvgIpc) is 3.11. The van der Waals surface area contributed by atoms with Crippen molar-refractivity contribution in [2.45, 2.75) is 12.1 Å². The molecule has 2 atom stereocenters. The first kappa shape index (κ1) is 21.1. The van der Waals surface area contributed by atoms with Gasteiger partial charge in [-0.1, -0.05) is 12.1 Å². The lowest BCUT2D eigenvalue weighted by molar-refractivity contribution is 0.131. The van der Waals surface area contributed by atoms with Gasteiger partial charge in [0.25, 0.3) is 0 Å². The zero-order chi connectivity index (χ0) is 22.7. The molecule has 2 unspecified atom stereocenters. The molecule has 0 aromatic heterocycles. The largest absolute Gasteiger partial charge is 0.508 e. The summed E-state index contributed by atoms with van der Waals surface area (Å²) in [6.45, 7) is -0.0258. The number of phenols is 1. The van der Waals surface area contributed by atoms with E-state index in [-0.39, 0.29) is 12.3 Å². The Labute approximate surface area is 182 Å². The molecule has 0 bridgehead atoms. The summed E-state index contributed by atoms with van der Waals surface area (Å²) < 4.78 is 31.9. The van der Waals surface area contributed by atoms with Gasteiger partial charge in [-0.05, 0) is 66.2 Å². The van der Waals surface area contributed by atoms with Crippen molar-refractivity contribution in [3.8, 4) is 5.75 Å². The summed E-state index contributed by atoms with van der Waals surface area (Å²) in [7, 11) is 0. The molecule has 1 aliphatic rings. The Balaban J connectivity index is 1.53. The SMILES string of the molecule is O=C(NCC1OC(=O)N(c2ccc(F)cc2)C1c1ccc(O)cc1)Nc1ccc(F)cc1. The van der Waals surface area contributed by atoms with Gasteiger partial charge in [0.15, 0.2) is 0 Å². The normalized spacial score (nSPS) is 17.7. The molecule has 3 aromatic carbocycles. The van der Waals surface area contributed by atoms with Crippen LogP contribution >= 0.6 is 0 Å². The fourth-order valence-corrected chi connectivity index (χ4v) is 3.49. The van der Waals surface area contributed by atoms with E-state index in [1.165, 1.54) is 65.6 Å². The molecule has 0 spiro atoms. The van der Waals surface area contributed by atoms with E-state index in [2.05, 4.69) is 10.6 Å². The van der Waals surface area contributed by atoms with Gasteiger partial charge in [0.1, 0.15) is 29.5 Å². The van der Waals surface area contributed by atoms with Crippen molar-refractivity contribution in [3.05, 3.63) is 90.0 Å². The highest BCUT2D eigenvalue weighted by atomic mass is 19.1. The van der Waals surface area contributed by atoms with Crippen LogP contribution in [-0.4, -0.2) is 29.9 Å². The molecule has 32 heavy (non-hydrogen) atoms. The van der Waals surface area contributed by atoms with E-state index < -0.39 is 35.9 Å². The molecule has 3 amide bonds. The van der Waals surface area contributed by atoms with Crippen LogP contribution in [0.2, 0.25) is 0 Å². The lowest BCUT2D eigenvalue weighted by Gasteiger charge is -2.25. The van der Waals surface area contributed by atoms with E-state index in [1.54, 1.807) is 12.1 Å². The second-order valence-electron chi connectivity index (χ2n) is 7.15. The Kier molecular flexibility index (Phi) is 5.89. The van der Waals surface area contributed by atoms with Crippen molar-refractivity contribution in [2.24, 2.45) is 0 Å². The Bertz CT molecular complexity index is 1110. The predicted molar refractivity (Wildman–Crippen MR) is 113 cm³/mol. The van der Waals surface area contributed by atoms with E-state index in [4.69, 9.17) is 4.74 Å². The number of benzene rings is 3. The zero-order valence-corrected chi connectivity index (χ0v) is 16.7. The smallest absolute Gasteiger partial charge is 0.415 e. The second kappa shape index (κ2) is 8.93. The number of halogens is 2. The van der Waals surface area contributed by atoms with Crippen LogP contribution in [0.1, 0.15) is 11.6 Å². The molecular weight excluding hydrogens is 420 g/mol. The van der Waals surface area contributed by atoms with Crippen LogP contribution in [-0.2, 0) is 4.74 Å². The van der Waals surface area contributed by atoms with Crippen LogP contribution in [0.4, 0.5) is 29.7 Å². The summed E-state index contributed by atoms with van der Waals surface area (Å²) >= 11 is 0. The fourth-order valence-electron chi connectivity index (χ4n) is 3.49. The number of aromatic hydroxyl groups is 1. The number of nitrogens with one attached hydrogen (secondary N) is 2. The number of hydrogen-bond donors (Lipinski definition) is 3. The minimum atomic E-state index is -0.768. The molecule has 3 N–H and O–H groups in total.